The quantitative estimate of drug-likeness (QED) is 0.449. The highest BCUT2D eigenvalue weighted by Crippen LogP contribution is 2.35. The van der Waals surface area contributed by atoms with Crippen molar-refractivity contribution in [2.24, 2.45) is 0 Å². The highest BCUT2D eigenvalue weighted by molar-refractivity contribution is 6.30. The van der Waals surface area contributed by atoms with E-state index >= 15 is 0 Å². The zero-order chi connectivity index (χ0) is 23.0. The average molecular weight is 453 g/mol. The van der Waals surface area contributed by atoms with E-state index in [0.29, 0.717) is 27.1 Å². The van der Waals surface area contributed by atoms with Gasteiger partial charge in [0.15, 0.2) is 0 Å². The zero-order valence-corrected chi connectivity index (χ0v) is 18.1. The lowest BCUT2D eigenvalue weighted by Gasteiger charge is -2.18. The summed E-state index contributed by atoms with van der Waals surface area (Å²) in [6.07, 6.45) is 1.49. The van der Waals surface area contributed by atoms with E-state index in [1.165, 1.54) is 0 Å². The number of hydrogen-bond donors (Lipinski definition) is 1. The van der Waals surface area contributed by atoms with Crippen LogP contribution in [-0.2, 0) is 16.0 Å². The van der Waals surface area contributed by atoms with Gasteiger partial charge in [0.25, 0.3) is 0 Å². The Morgan fingerprint density at radius 1 is 1.12 bits per heavy atom. The van der Waals surface area contributed by atoms with E-state index in [-0.39, 0.29) is 18.4 Å². The summed E-state index contributed by atoms with van der Waals surface area (Å²) in [7, 11) is 0. The van der Waals surface area contributed by atoms with Gasteiger partial charge in [-0.15, -0.1) is 0 Å². The lowest BCUT2D eigenvalue weighted by atomic mass is 9.99. The Morgan fingerprint density at radius 3 is 2.50 bits per heavy atom. The molecule has 0 saturated carbocycles. The Bertz CT molecular complexity index is 1400. The second-order valence-electron chi connectivity index (χ2n) is 7.52. The largest absolute Gasteiger partial charge is 0.548 e. The van der Waals surface area contributed by atoms with Crippen LogP contribution in [0.3, 0.4) is 0 Å². The summed E-state index contributed by atoms with van der Waals surface area (Å²) in [6, 6.07) is 9.71. The smallest absolute Gasteiger partial charge is 0.340 e. The van der Waals surface area contributed by atoms with Gasteiger partial charge in [-0.2, -0.15) is 0 Å². The van der Waals surface area contributed by atoms with Crippen molar-refractivity contribution in [2.75, 3.05) is 0 Å². The van der Waals surface area contributed by atoms with Crippen molar-refractivity contribution in [1.82, 2.24) is 5.32 Å². The Balaban J connectivity index is 1.77. The highest BCUT2D eigenvalue weighted by atomic mass is 35.5. The van der Waals surface area contributed by atoms with E-state index in [9.17, 15) is 19.5 Å². The standard InChI is InChI=1S/C24H20ClNO6/c1-3-19(23(28)29)26-22(27)9-16-12(2)15-8-17-18(13-4-6-14(25)7-5-13)11-31-20(17)10-21(15)32-24(16)30/h4-8,10-11,19H,3,9H2,1-2H3,(H,26,27)(H,28,29)/p-1/t19-/m1/s1. The predicted octanol–water partition coefficient (Wildman–Crippen LogP) is 3.36. The third-order valence-corrected chi connectivity index (χ3v) is 5.75. The summed E-state index contributed by atoms with van der Waals surface area (Å²) in [4.78, 5) is 36.0. The number of benzene rings is 2. The number of carboxylic acid groups (broad SMARTS) is 1. The molecule has 0 aliphatic heterocycles. The first-order valence-corrected chi connectivity index (χ1v) is 10.4. The molecule has 0 radical (unpaired) electrons. The van der Waals surface area contributed by atoms with Gasteiger partial charge in [0.1, 0.15) is 11.2 Å². The van der Waals surface area contributed by atoms with Crippen LogP contribution in [0.1, 0.15) is 24.5 Å². The minimum Gasteiger partial charge on any atom is -0.548 e. The first-order chi connectivity index (χ1) is 15.3. The van der Waals surface area contributed by atoms with E-state index in [0.717, 1.165) is 16.5 Å². The maximum atomic E-state index is 12.6. The van der Waals surface area contributed by atoms with Crippen molar-refractivity contribution in [3.63, 3.8) is 0 Å². The van der Waals surface area contributed by atoms with Gasteiger partial charge in [0.2, 0.25) is 5.91 Å². The summed E-state index contributed by atoms with van der Waals surface area (Å²) in [5, 5.41) is 15.5. The minimum atomic E-state index is -1.37. The average Bonchev–Trinajstić information content (AvgIpc) is 3.17. The Kier molecular flexibility index (Phi) is 5.76. The molecule has 7 nitrogen and oxygen atoms in total. The van der Waals surface area contributed by atoms with Gasteiger partial charge in [-0.05, 0) is 42.7 Å². The summed E-state index contributed by atoms with van der Waals surface area (Å²) in [6.45, 7) is 3.34. The lowest BCUT2D eigenvalue weighted by Crippen LogP contribution is -2.48. The number of halogens is 1. The normalized spacial score (nSPS) is 12.2. The predicted molar refractivity (Wildman–Crippen MR) is 118 cm³/mol. The van der Waals surface area contributed by atoms with Crippen LogP contribution in [0.15, 0.2) is 56.3 Å². The van der Waals surface area contributed by atoms with E-state index < -0.39 is 23.5 Å². The molecule has 4 rings (SSSR count). The van der Waals surface area contributed by atoms with Crippen molar-refractivity contribution in [2.45, 2.75) is 32.7 Å². The van der Waals surface area contributed by atoms with Crippen LogP contribution in [-0.4, -0.2) is 17.9 Å². The highest BCUT2D eigenvalue weighted by Gasteiger charge is 2.19. The maximum absolute atomic E-state index is 12.6. The molecular formula is C24H19ClNO6-. The molecule has 2 heterocycles. The third-order valence-electron chi connectivity index (χ3n) is 5.50. The number of carbonyl (C=O) groups excluding carboxylic acids is 2. The molecule has 1 amide bonds. The fraction of sp³-hybridized carbons (Fsp3) is 0.208. The number of carbonyl (C=O) groups is 2. The monoisotopic (exact) mass is 452 g/mol. The number of aryl methyl sites for hydroxylation is 1. The first kappa shape index (κ1) is 21.6. The summed E-state index contributed by atoms with van der Waals surface area (Å²) < 4.78 is 11.1. The topological polar surface area (TPSA) is 113 Å². The van der Waals surface area contributed by atoms with E-state index in [1.54, 1.807) is 38.3 Å². The minimum absolute atomic E-state index is 0.166. The van der Waals surface area contributed by atoms with E-state index in [1.807, 2.05) is 18.2 Å². The van der Waals surface area contributed by atoms with Gasteiger partial charge in [-0.25, -0.2) is 4.79 Å². The second kappa shape index (κ2) is 8.51. The van der Waals surface area contributed by atoms with Gasteiger partial charge < -0.3 is 24.1 Å². The Labute approximate surface area is 187 Å². The van der Waals surface area contributed by atoms with Gasteiger partial charge in [-0.1, -0.05) is 30.7 Å². The van der Waals surface area contributed by atoms with Gasteiger partial charge in [0.05, 0.1) is 30.3 Å². The van der Waals surface area contributed by atoms with Gasteiger partial charge in [-0.3, -0.25) is 4.79 Å². The molecule has 1 atom stereocenters. The fourth-order valence-electron chi connectivity index (χ4n) is 3.70. The fourth-order valence-corrected chi connectivity index (χ4v) is 3.83. The van der Waals surface area contributed by atoms with Crippen molar-refractivity contribution >= 4 is 45.4 Å². The number of nitrogens with one attached hydrogen (secondary N) is 1. The number of fused-ring (bicyclic) bond motifs is 2. The Hall–Kier alpha value is -3.58. The molecule has 32 heavy (non-hydrogen) atoms. The van der Waals surface area contributed by atoms with Crippen LogP contribution in [0.4, 0.5) is 0 Å². The summed E-state index contributed by atoms with van der Waals surface area (Å²) in [5.74, 6) is -1.97. The number of carboxylic acids is 1. The van der Waals surface area contributed by atoms with Crippen molar-refractivity contribution in [3.8, 4) is 11.1 Å². The third kappa shape index (κ3) is 3.99. The van der Waals surface area contributed by atoms with Crippen molar-refractivity contribution in [3.05, 3.63) is 69.2 Å². The van der Waals surface area contributed by atoms with Crippen LogP contribution >= 0.6 is 11.6 Å². The molecule has 0 aliphatic rings. The molecule has 0 bridgehead atoms. The van der Waals surface area contributed by atoms with Gasteiger partial charge >= 0.3 is 5.63 Å². The molecule has 0 aliphatic carbocycles. The number of furan rings is 1. The van der Waals surface area contributed by atoms with Crippen LogP contribution in [0, 0.1) is 6.92 Å². The summed E-state index contributed by atoms with van der Waals surface area (Å²) >= 11 is 5.99. The molecule has 0 saturated heterocycles. The van der Waals surface area contributed by atoms with Crippen LogP contribution < -0.4 is 16.0 Å². The van der Waals surface area contributed by atoms with Crippen LogP contribution in [0.25, 0.3) is 33.1 Å². The maximum Gasteiger partial charge on any atom is 0.340 e. The first-order valence-electron chi connectivity index (χ1n) is 10.0. The molecule has 0 fully saturated rings. The molecule has 1 N–H and O–H groups in total. The molecule has 4 aromatic rings. The second-order valence-corrected chi connectivity index (χ2v) is 7.95. The van der Waals surface area contributed by atoms with Crippen LogP contribution in [0.2, 0.25) is 5.02 Å². The number of rotatable bonds is 6. The van der Waals surface area contributed by atoms with Crippen molar-refractivity contribution in [1.29, 1.82) is 0 Å². The number of aliphatic carboxylic acids is 1. The SMILES string of the molecule is CC[C@@H](NC(=O)Cc1c(C)c2cc3c(-c4ccc(Cl)cc4)coc3cc2oc1=O)C(=O)[O-]. The van der Waals surface area contributed by atoms with E-state index in [2.05, 4.69) is 5.32 Å². The molecule has 0 unspecified atom stereocenters. The molecule has 0 spiro atoms. The zero-order valence-electron chi connectivity index (χ0n) is 17.4. The molecule has 164 valence electrons. The summed E-state index contributed by atoms with van der Waals surface area (Å²) in [5.41, 5.74) is 2.74. The van der Waals surface area contributed by atoms with Gasteiger partial charge in [0, 0.05) is 27.4 Å². The lowest BCUT2D eigenvalue weighted by molar-refractivity contribution is -0.308. The Morgan fingerprint density at radius 2 is 1.84 bits per heavy atom. The van der Waals surface area contributed by atoms with Crippen molar-refractivity contribution < 1.29 is 23.5 Å². The number of hydrogen-bond acceptors (Lipinski definition) is 6. The number of amides is 1. The molecule has 8 heteroatoms. The van der Waals surface area contributed by atoms with Crippen LogP contribution in [0.5, 0.6) is 0 Å². The molecule has 2 aromatic heterocycles. The van der Waals surface area contributed by atoms with E-state index in [4.69, 9.17) is 20.4 Å². The molecule has 2 aromatic carbocycles. The molecular weight excluding hydrogens is 434 g/mol.